The monoisotopic (exact) mass is 294 g/mol. The van der Waals surface area contributed by atoms with Crippen LogP contribution in [-0.4, -0.2) is 57.0 Å². The van der Waals surface area contributed by atoms with E-state index in [1.54, 1.807) is 14.0 Å². The van der Waals surface area contributed by atoms with Gasteiger partial charge in [-0.25, -0.2) is 14.5 Å². The molecule has 4 amide bonds. The molecular formula is C12H14N4O5. The highest BCUT2D eigenvalue weighted by Crippen LogP contribution is 2.17. The average molecular weight is 294 g/mol. The lowest BCUT2D eigenvalue weighted by atomic mass is 10.2. The largest absolute Gasteiger partial charge is 0.462 e. The number of ether oxygens (including phenoxy) is 1. The highest BCUT2D eigenvalue weighted by atomic mass is 16.5. The second-order valence-corrected chi connectivity index (χ2v) is 4.39. The standard InChI is InChI=1S/C12H14N4O5/c1-4-21-11(19)7-5-13-15(3)8(7)6-16-10(18)9(17)14(2)12(16)20/h5H,4,6H2,1-3H3. The Balaban J connectivity index is 2.30. The van der Waals surface area contributed by atoms with Crippen molar-refractivity contribution in [2.45, 2.75) is 13.5 Å². The maximum Gasteiger partial charge on any atom is 0.341 e. The quantitative estimate of drug-likeness (QED) is 0.422. The molecule has 9 heteroatoms. The summed E-state index contributed by atoms with van der Waals surface area (Å²) < 4.78 is 6.24. The number of aryl methyl sites for hydroxylation is 1. The van der Waals surface area contributed by atoms with E-state index in [0.29, 0.717) is 5.69 Å². The molecule has 0 aromatic carbocycles. The van der Waals surface area contributed by atoms with E-state index in [4.69, 9.17) is 4.74 Å². The molecule has 1 fully saturated rings. The molecule has 9 nitrogen and oxygen atoms in total. The Kier molecular flexibility index (Phi) is 3.74. The van der Waals surface area contributed by atoms with Crippen molar-refractivity contribution in [2.75, 3.05) is 13.7 Å². The van der Waals surface area contributed by atoms with Crippen molar-refractivity contribution >= 4 is 23.8 Å². The molecule has 1 aliphatic heterocycles. The van der Waals surface area contributed by atoms with Crippen molar-refractivity contribution in [2.24, 2.45) is 7.05 Å². The molecule has 0 saturated carbocycles. The van der Waals surface area contributed by atoms with Crippen molar-refractivity contribution in [3.8, 4) is 0 Å². The second kappa shape index (κ2) is 5.35. The van der Waals surface area contributed by atoms with Gasteiger partial charge in [-0.1, -0.05) is 0 Å². The first-order valence-electron chi connectivity index (χ1n) is 6.20. The predicted molar refractivity (Wildman–Crippen MR) is 67.9 cm³/mol. The Morgan fingerprint density at radius 1 is 1.24 bits per heavy atom. The van der Waals surface area contributed by atoms with Gasteiger partial charge in [0.05, 0.1) is 25.0 Å². The van der Waals surface area contributed by atoms with E-state index >= 15 is 0 Å². The summed E-state index contributed by atoms with van der Waals surface area (Å²) in [6.45, 7) is 1.63. The molecule has 0 N–H and O–H groups in total. The zero-order valence-corrected chi connectivity index (χ0v) is 11.8. The average Bonchev–Trinajstić information content (AvgIpc) is 2.90. The number of hydrogen-bond donors (Lipinski definition) is 0. The van der Waals surface area contributed by atoms with Crippen LogP contribution >= 0.6 is 0 Å². The minimum absolute atomic E-state index is 0.155. The first kappa shape index (κ1) is 14.7. The summed E-state index contributed by atoms with van der Waals surface area (Å²) in [5.74, 6) is -2.43. The Morgan fingerprint density at radius 2 is 1.90 bits per heavy atom. The molecule has 0 radical (unpaired) electrons. The van der Waals surface area contributed by atoms with Gasteiger partial charge in [0, 0.05) is 14.1 Å². The third kappa shape index (κ3) is 2.37. The second-order valence-electron chi connectivity index (χ2n) is 4.39. The number of likely N-dealkylation sites (N-methyl/N-ethyl adjacent to an activating group) is 1. The van der Waals surface area contributed by atoms with Crippen LogP contribution in [0.3, 0.4) is 0 Å². The number of carbonyl (C=O) groups is 4. The van der Waals surface area contributed by atoms with Gasteiger partial charge < -0.3 is 4.74 Å². The fraction of sp³-hybridized carbons (Fsp3) is 0.417. The van der Waals surface area contributed by atoms with Gasteiger partial charge in [-0.2, -0.15) is 5.10 Å². The van der Waals surface area contributed by atoms with Crippen LogP contribution in [0.4, 0.5) is 4.79 Å². The summed E-state index contributed by atoms with van der Waals surface area (Å²) in [7, 11) is 2.78. The number of amides is 4. The fourth-order valence-electron chi connectivity index (χ4n) is 1.93. The third-order valence-electron chi connectivity index (χ3n) is 3.12. The molecule has 1 aromatic rings. The van der Waals surface area contributed by atoms with Gasteiger partial charge >= 0.3 is 23.8 Å². The summed E-state index contributed by atoms with van der Waals surface area (Å²) in [5, 5.41) is 3.92. The molecular weight excluding hydrogens is 280 g/mol. The molecule has 1 saturated heterocycles. The van der Waals surface area contributed by atoms with E-state index in [1.165, 1.54) is 17.9 Å². The molecule has 0 aliphatic carbocycles. The Labute approximate surface area is 120 Å². The first-order valence-corrected chi connectivity index (χ1v) is 6.20. The maximum atomic E-state index is 11.8. The maximum absolute atomic E-state index is 11.8. The smallest absolute Gasteiger partial charge is 0.341 e. The van der Waals surface area contributed by atoms with Crippen LogP contribution in [0.15, 0.2) is 6.20 Å². The predicted octanol–water partition coefficient (Wildman–Crippen LogP) is -0.483. The van der Waals surface area contributed by atoms with Crippen molar-refractivity contribution in [1.82, 2.24) is 19.6 Å². The first-order chi connectivity index (χ1) is 9.88. The van der Waals surface area contributed by atoms with E-state index in [9.17, 15) is 19.2 Å². The van der Waals surface area contributed by atoms with Crippen LogP contribution in [0, 0.1) is 0 Å². The van der Waals surface area contributed by atoms with Crippen molar-refractivity contribution in [3.05, 3.63) is 17.5 Å². The van der Waals surface area contributed by atoms with E-state index < -0.39 is 23.8 Å². The minimum Gasteiger partial charge on any atom is -0.462 e. The van der Waals surface area contributed by atoms with Crippen LogP contribution in [0.25, 0.3) is 0 Å². The summed E-state index contributed by atoms with van der Waals surface area (Å²) >= 11 is 0. The molecule has 2 heterocycles. The summed E-state index contributed by atoms with van der Waals surface area (Å²) in [4.78, 5) is 48.3. The van der Waals surface area contributed by atoms with Crippen LogP contribution in [-0.2, 0) is 27.9 Å². The molecule has 21 heavy (non-hydrogen) atoms. The number of imide groups is 2. The fourth-order valence-corrected chi connectivity index (χ4v) is 1.93. The van der Waals surface area contributed by atoms with E-state index in [-0.39, 0.29) is 18.7 Å². The molecule has 112 valence electrons. The van der Waals surface area contributed by atoms with E-state index in [1.807, 2.05) is 0 Å². The van der Waals surface area contributed by atoms with Gasteiger partial charge in [-0.15, -0.1) is 0 Å². The lowest BCUT2D eigenvalue weighted by Gasteiger charge is -2.14. The lowest BCUT2D eigenvalue weighted by Crippen LogP contribution is -2.32. The van der Waals surface area contributed by atoms with Gasteiger partial charge in [0.2, 0.25) is 0 Å². The van der Waals surface area contributed by atoms with Crippen LogP contribution in [0.2, 0.25) is 0 Å². The van der Waals surface area contributed by atoms with Gasteiger partial charge in [0.25, 0.3) is 0 Å². The van der Waals surface area contributed by atoms with Gasteiger partial charge in [-0.05, 0) is 6.92 Å². The van der Waals surface area contributed by atoms with E-state index in [0.717, 1.165) is 9.80 Å². The molecule has 1 aliphatic rings. The number of aromatic nitrogens is 2. The minimum atomic E-state index is -0.932. The number of carbonyl (C=O) groups excluding carboxylic acids is 4. The summed E-state index contributed by atoms with van der Waals surface area (Å²) in [6.07, 6.45) is 1.30. The Hall–Kier alpha value is -2.71. The Morgan fingerprint density at radius 3 is 2.43 bits per heavy atom. The number of urea groups is 1. The number of rotatable bonds is 4. The van der Waals surface area contributed by atoms with Gasteiger partial charge in [0.15, 0.2) is 0 Å². The number of esters is 1. The van der Waals surface area contributed by atoms with Crippen LogP contribution < -0.4 is 0 Å². The summed E-state index contributed by atoms with van der Waals surface area (Å²) in [6, 6.07) is -0.735. The third-order valence-corrected chi connectivity index (χ3v) is 3.12. The number of nitrogens with zero attached hydrogens (tertiary/aromatic N) is 4. The molecule has 0 atom stereocenters. The topological polar surface area (TPSA) is 102 Å². The SMILES string of the molecule is CCOC(=O)c1cnn(C)c1CN1C(=O)C(=O)N(C)C1=O. The highest BCUT2D eigenvalue weighted by molar-refractivity contribution is 6.44. The summed E-state index contributed by atoms with van der Waals surface area (Å²) in [5.41, 5.74) is 0.472. The lowest BCUT2D eigenvalue weighted by molar-refractivity contribution is -0.143. The van der Waals surface area contributed by atoms with Crippen LogP contribution in [0.5, 0.6) is 0 Å². The van der Waals surface area contributed by atoms with Gasteiger partial charge in [0.1, 0.15) is 5.56 Å². The van der Waals surface area contributed by atoms with Crippen LogP contribution in [0.1, 0.15) is 23.0 Å². The van der Waals surface area contributed by atoms with Gasteiger partial charge in [-0.3, -0.25) is 19.2 Å². The molecule has 2 rings (SSSR count). The normalized spacial score (nSPS) is 15.1. The molecule has 0 spiro atoms. The molecule has 0 bridgehead atoms. The zero-order chi connectivity index (χ0) is 15.7. The number of hydrogen-bond acceptors (Lipinski definition) is 6. The van der Waals surface area contributed by atoms with Crippen molar-refractivity contribution in [1.29, 1.82) is 0 Å². The zero-order valence-electron chi connectivity index (χ0n) is 11.8. The van der Waals surface area contributed by atoms with E-state index in [2.05, 4.69) is 5.10 Å². The Bertz CT molecular complexity index is 636. The van der Waals surface area contributed by atoms with Crippen molar-refractivity contribution in [3.63, 3.8) is 0 Å². The van der Waals surface area contributed by atoms with Crippen molar-refractivity contribution < 1.29 is 23.9 Å². The highest BCUT2D eigenvalue weighted by Gasteiger charge is 2.43. The molecule has 0 unspecified atom stereocenters. The molecule has 1 aromatic heterocycles.